The van der Waals surface area contributed by atoms with E-state index in [1.165, 1.54) is 29.4 Å². The summed E-state index contributed by atoms with van der Waals surface area (Å²) in [6.45, 7) is 0.613. The molecule has 43 heavy (non-hydrogen) atoms. The van der Waals surface area contributed by atoms with E-state index >= 15 is 0 Å². The summed E-state index contributed by atoms with van der Waals surface area (Å²) in [7, 11) is 0. The van der Waals surface area contributed by atoms with Crippen LogP contribution in [0.15, 0.2) is 79.3 Å². The van der Waals surface area contributed by atoms with Crippen LogP contribution in [0.5, 0.6) is 5.75 Å². The number of nitrogens with zero attached hydrogens (tertiary/aromatic N) is 5. The number of hydrogen-bond acceptors (Lipinski definition) is 8. The number of ether oxygens (including phenoxy) is 1. The van der Waals surface area contributed by atoms with E-state index in [9.17, 15) is 27.6 Å². The Kier molecular flexibility index (Phi) is 8.53. The molecular weight excluding hydrogens is 589 g/mol. The number of nitrogens with one attached hydrogen (secondary N) is 1. The van der Waals surface area contributed by atoms with Crippen molar-refractivity contribution in [3.8, 4) is 17.0 Å². The van der Waals surface area contributed by atoms with Crippen LogP contribution in [0.25, 0.3) is 11.3 Å². The number of carbonyl (C=O) groups excluding carboxylic acids is 3. The van der Waals surface area contributed by atoms with Gasteiger partial charge in [0.05, 0.1) is 16.8 Å². The molecule has 5 rings (SSSR count). The van der Waals surface area contributed by atoms with Crippen LogP contribution in [0, 0.1) is 0 Å². The van der Waals surface area contributed by atoms with Gasteiger partial charge in [-0.25, -0.2) is 14.8 Å². The lowest BCUT2D eigenvalue weighted by molar-refractivity contribution is -0.189. The normalized spacial score (nSPS) is 13.4. The highest BCUT2D eigenvalue weighted by molar-refractivity contribution is 6.30. The van der Waals surface area contributed by atoms with Crippen LogP contribution >= 0.6 is 11.6 Å². The number of hydrogen-bond donors (Lipinski definition) is 1. The summed E-state index contributed by atoms with van der Waals surface area (Å²) in [5, 5.41) is 3.41. The molecule has 14 heteroatoms. The lowest BCUT2D eigenvalue weighted by atomic mass is 10.1. The van der Waals surface area contributed by atoms with Gasteiger partial charge >= 0.3 is 12.1 Å². The maximum Gasteiger partial charge on any atom is 0.491 e. The zero-order chi connectivity index (χ0) is 30.6. The van der Waals surface area contributed by atoms with Crippen molar-refractivity contribution in [2.24, 2.45) is 0 Å². The second-order valence-corrected chi connectivity index (χ2v) is 9.76. The average Bonchev–Trinajstić information content (AvgIpc) is 3.01. The summed E-state index contributed by atoms with van der Waals surface area (Å²) < 4.78 is 44.0. The molecule has 4 aromatic rings. The van der Waals surface area contributed by atoms with E-state index in [4.69, 9.17) is 11.6 Å². The zero-order valence-electron chi connectivity index (χ0n) is 22.2. The molecule has 1 fully saturated rings. The fourth-order valence-corrected chi connectivity index (χ4v) is 4.43. The van der Waals surface area contributed by atoms with Crippen molar-refractivity contribution in [3.05, 3.63) is 95.4 Å². The van der Waals surface area contributed by atoms with Crippen molar-refractivity contribution < 1.29 is 32.3 Å². The van der Waals surface area contributed by atoms with Crippen LogP contribution < -0.4 is 10.1 Å². The summed E-state index contributed by atoms with van der Waals surface area (Å²) in [6, 6.07) is 15.6. The van der Waals surface area contributed by atoms with Gasteiger partial charge in [0.1, 0.15) is 5.75 Å². The van der Waals surface area contributed by atoms with Crippen molar-refractivity contribution >= 4 is 41.0 Å². The van der Waals surface area contributed by atoms with Gasteiger partial charge < -0.3 is 19.9 Å². The molecule has 2 aromatic heterocycles. The lowest BCUT2D eigenvalue weighted by Gasteiger charge is -2.35. The molecule has 1 aliphatic heterocycles. The number of rotatable bonds is 6. The summed E-state index contributed by atoms with van der Waals surface area (Å²) in [4.78, 5) is 53.3. The van der Waals surface area contributed by atoms with Gasteiger partial charge in [-0.15, -0.1) is 0 Å². The summed E-state index contributed by atoms with van der Waals surface area (Å²) in [6.07, 6.45) is -0.822. The molecule has 1 saturated heterocycles. The van der Waals surface area contributed by atoms with E-state index < -0.39 is 23.8 Å². The third-order valence-corrected chi connectivity index (χ3v) is 6.71. The standard InChI is InChI=1S/C29H22ClF3N6O4/c30-20-5-3-18(4-6-20)23-9-11-35-28(37-23)36-21-7-8-22(24(16-21)43-27(42)29(31,32)33)26(41)39-14-12-38(13-15-39)25(40)19-2-1-10-34-17-19/h1-11,16-17H,12-15H2,(H,35,36,37). The van der Waals surface area contributed by atoms with Crippen LogP contribution in [0.4, 0.5) is 24.8 Å². The summed E-state index contributed by atoms with van der Waals surface area (Å²) in [5.41, 5.74) is 1.60. The van der Waals surface area contributed by atoms with Gasteiger partial charge in [0, 0.05) is 67.1 Å². The van der Waals surface area contributed by atoms with Crippen LogP contribution in [-0.4, -0.2) is 74.9 Å². The number of alkyl halides is 3. The molecule has 0 aliphatic carbocycles. The second-order valence-electron chi connectivity index (χ2n) is 9.32. The van der Waals surface area contributed by atoms with Crippen molar-refractivity contribution in [2.45, 2.75) is 6.18 Å². The van der Waals surface area contributed by atoms with Gasteiger partial charge in [0.2, 0.25) is 5.95 Å². The quantitative estimate of drug-likeness (QED) is 0.239. The van der Waals surface area contributed by atoms with Crippen LogP contribution in [0.3, 0.4) is 0 Å². The molecule has 0 spiro atoms. The highest BCUT2D eigenvalue weighted by Crippen LogP contribution is 2.30. The predicted molar refractivity (Wildman–Crippen MR) is 150 cm³/mol. The maximum absolute atomic E-state index is 13.4. The number of esters is 1. The van der Waals surface area contributed by atoms with Gasteiger partial charge in [-0.05, 0) is 42.5 Å². The van der Waals surface area contributed by atoms with Crippen molar-refractivity contribution in [3.63, 3.8) is 0 Å². The Hall–Kier alpha value is -5.04. The Morgan fingerprint density at radius 1 is 0.884 bits per heavy atom. The molecule has 220 valence electrons. The third kappa shape index (κ3) is 7.07. The molecule has 0 unspecified atom stereocenters. The van der Waals surface area contributed by atoms with Crippen molar-refractivity contribution in [2.75, 3.05) is 31.5 Å². The molecule has 3 heterocycles. The smallest absolute Gasteiger partial charge is 0.419 e. The first-order valence-electron chi connectivity index (χ1n) is 12.9. The first kappa shape index (κ1) is 29.5. The minimum Gasteiger partial charge on any atom is -0.419 e. The van der Waals surface area contributed by atoms with Crippen molar-refractivity contribution in [1.82, 2.24) is 24.8 Å². The summed E-state index contributed by atoms with van der Waals surface area (Å²) >= 11 is 5.95. The SMILES string of the molecule is O=C(c1cccnc1)N1CCN(C(=O)c2ccc(Nc3nccc(-c4ccc(Cl)cc4)n3)cc2OC(=O)C(F)(F)F)CC1. The minimum atomic E-state index is -5.29. The van der Waals surface area contributed by atoms with E-state index in [-0.39, 0.29) is 49.3 Å². The number of piperazine rings is 1. The minimum absolute atomic E-state index is 0.106. The monoisotopic (exact) mass is 610 g/mol. The van der Waals surface area contributed by atoms with Crippen LogP contribution in [0.1, 0.15) is 20.7 Å². The van der Waals surface area contributed by atoms with Crippen LogP contribution in [0.2, 0.25) is 5.02 Å². The first-order valence-corrected chi connectivity index (χ1v) is 13.2. The Bertz CT molecular complexity index is 1650. The van der Waals surface area contributed by atoms with E-state index in [0.717, 1.165) is 11.6 Å². The average molecular weight is 611 g/mol. The number of pyridine rings is 1. The Labute approximate surface area is 248 Å². The predicted octanol–water partition coefficient (Wildman–Crippen LogP) is 5.00. The molecule has 2 aromatic carbocycles. The fourth-order valence-electron chi connectivity index (χ4n) is 4.30. The Morgan fingerprint density at radius 3 is 2.23 bits per heavy atom. The first-order chi connectivity index (χ1) is 20.6. The lowest BCUT2D eigenvalue weighted by Crippen LogP contribution is -2.50. The van der Waals surface area contributed by atoms with E-state index in [1.807, 2.05) is 0 Å². The topological polar surface area (TPSA) is 118 Å². The highest BCUT2D eigenvalue weighted by atomic mass is 35.5. The zero-order valence-corrected chi connectivity index (χ0v) is 23.0. The van der Waals surface area contributed by atoms with E-state index in [1.54, 1.807) is 53.6 Å². The van der Waals surface area contributed by atoms with Gasteiger partial charge in [0.25, 0.3) is 11.8 Å². The third-order valence-electron chi connectivity index (χ3n) is 6.46. The Morgan fingerprint density at radius 2 is 1.58 bits per heavy atom. The van der Waals surface area contributed by atoms with E-state index in [0.29, 0.717) is 16.3 Å². The largest absolute Gasteiger partial charge is 0.491 e. The number of benzene rings is 2. The molecular formula is C29H22ClF3N6O4. The molecule has 10 nitrogen and oxygen atoms in total. The molecule has 0 saturated carbocycles. The van der Waals surface area contributed by atoms with Gasteiger partial charge in [-0.2, -0.15) is 13.2 Å². The number of halogens is 4. The van der Waals surface area contributed by atoms with Gasteiger partial charge in [-0.3, -0.25) is 14.6 Å². The molecule has 2 amide bonds. The molecule has 0 bridgehead atoms. The van der Waals surface area contributed by atoms with Crippen molar-refractivity contribution in [1.29, 1.82) is 0 Å². The Balaban J connectivity index is 1.35. The molecule has 0 atom stereocenters. The second kappa shape index (κ2) is 12.4. The van der Waals surface area contributed by atoms with E-state index in [2.05, 4.69) is 25.0 Å². The fraction of sp³-hybridized carbons (Fsp3) is 0.172. The van der Waals surface area contributed by atoms with Gasteiger partial charge in [0.15, 0.2) is 0 Å². The highest BCUT2D eigenvalue weighted by Gasteiger charge is 2.42. The molecule has 0 radical (unpaired) electrons. The van der Waals surface area contributed by atoms with Gasteiger partial charge in [-0.1, -0.05) is 23.7 Å². The number of aromatic nitrogens is 3. The number of carbonyl (C=O) groups is 3. The maximum atomic E-state index is 13.4. The molecule has 1 aliphatic rings. The number of amides is 2. The molecule has 1 N–H and O–H groups in total. The number of anilines is 2. The summed E-state index contributed by atoms with van der Waals surface area (Å²) in [5.74, 6) is -3.88. The van der Waals surface area contributed by atoms with Crippen LogP contribution in [-0.2, 0) is 4.79 Å².